The maximum atomic E-state index is 12.8. The van der Waals surface area contributed by atoms with E-state index in [4.69, 9.17) is 16.4 Å². The number of nitrogens with one attached hydrogen (secondary N) is 2. The minimum absolute atomic E-state index is 0.0275. The SMILES string of the molecule is CC(C)NC(=O)[C@H](Cc1ccccc1)NC(=O)[C@@H]1CC(c2ccc(Cl)cc2)=NO1. The largest absolute Gasteiger partial charge is 0.382 e. The van der Waals surface area contributed by atoms with Crippen molar-refractivity contribution in [2.45, 2.75) is 44.9 Å². The third kappa shape index (κ3) is 5.81. The van der Waals surface area contributed by atoms with Gasteiger partial charge in [-0.05, 0) is 37.1 Å². The number of hydrogen-bond acceptors (Lipinski definition) is 4. The zero-order valence-corrected chi connectivity index (χ0v) is 17.1. The zero-order valence-electron chi connectivity index (χ0n) is 16.4. The Bertz CT molecular complexity index is 882. The lowest BCUT2D eigenvalue weighted by molar-refractivity contribution is -0.135. The van der Waals surface area contributed by atoms with Crippen molar-refractivity contribution in [3.05, 3.63) is 70.7 Å². The Morgan fingerprint density at radius 1 is 1.10 bits per heavy atom. The smallest absolute Gasteiger partial charge is 0.265 e. The number of oxime groups is 1. The molecule has 1 aliphatic heterocycles. The van der Waals surface area contributed by atoms with Crippen molar-refractivity contribution in [3.8, 4) is 0 Å². The van der Waals surface area contributed by atoms with Crippen LogP contribution in [0.4, 0.5) is 0 Å². The number of carbonyl (C=O) groups is 2. The van der Waals surface area contributed by atoms with E-state index in [2.05, 4.69) is 15.8 Å². The molecule has 2 aromatic rings. The normalized spacial score (nSPS) is 16.7. The Morgan fingerprint density at radius 2 is 1.79 bits per heavy atom. The monoisotopic (exact) mass is 413 g/mol. The summed E-state index contributed by atoms with van der Waals surface area (Å²) >= 11 is 5.91. The number of halogens is 1. The van der Waals surface area contributed by atoms with Gasteiger partial charge in [0.05, 0.1) is 5.71 Å². The van der Waals surface area contributed by atoms with Crippen molar-refractivity contribution in [1.29, 1.82) is 0 Å². The van der Waals surface area contributed by atoms with Crippen LogP contribution in [0.3, 0.4) is 0 Å². The Morgan fingerprint density at radius 3 is 2.45 bits per heavy atom. The first-order valence-corrected chi connectivity index (χ1v) is 9.93. The van der Waals surface area contributed by atoms with E-state index in [1.54, 1.807) is 12.1 Å². The molecule has 2 aromatic carbocycles. The average molecular weight is 414 g/mol. The van der Waals surface area contributed by atoms with Gasteiger partial charge in [-0.1, -0.05) is 59.2 Å². The first-order valence-electron chi connectivity index (χ1n) is 9.55. The molecule has 3 rings (SSSR count). The van der Waals surface area contributed by atoms with Gasteiger partial charge in [-0.15, -0.1) is 0 Å². The predicted octanol–water partition coefficient (Wildman–Crippen LogP) is 3.09. The lowest BCUT2D eigenvalue weighted by Gasteiger charge is -2.21. The van der Waals surface area contributed by atoms with E-state index in [1.165, 1.54) is 0 Å². The fourth-order valence-electron chi connectivity index (χ4n) is 3.04. The summed E-state index contributed by atoms with van der Waals surface area (Å²) < 4.78 is 0. The summed E-state index contributed by atoms with van der Waals surface area (Å²) in [7, 11) is 0. The summed E-state index contributed by atoms with van der Waals surface area (Å²) in [6.45, 7) is 3.76. The third-order valence-corrected chi connectivity index (χ3v) is 4.74. The van der Waals surface area contributed by atoms with E-state index < -0.39 is 12.1 Å². The van der Waals surface area contributed by atoms with Crippen molar-refractivity contribution in [2.24, 2.45) is 5.16 Å². The summed E-state index contributed by atoms with van der Waals surface area (Å²) in [5.74, 6) is -0.591. The number of carbonyl (C=O) groups excluding carboxylic acids is 2. The highest BCUT2D eigenvalue weighted by Gasteiger charge is 2.32. The van der Waals surface area contributed by atoms with Crippen LogP contribution >= 0.6 is 11.6 Å². The second-order valence-electron chi connectivity index (χ2n) is 7.26. The lowest BCUT2D eigenvalue weighted by atomic mass is 10.0. The molecule has 2 atom stereocenters. The molecule has 0 saturated carbocycles. The quantitative estimate of drug-likeness (QED) is 0.732. The second kappa shape index (κ2) is 9.56. The van der Waals surface area contributed by atoms with Crippen LogP contribution in [0.2, 0.25) is 5.02 Å². The molecule has 0 aliphatic carbocycles. The fraction of sp³-hybridized carbons (Fsp3) is 0.318. The molecule has 2 amide bonds. The molecule has 0 radical (unpaired) electrons. The highest BCUT2D eigenvalue weighted by atomic mass is 35.5. The number of hydrogen-bond donors (Lipinski definition) is 2. The van der Waals surface area contributed by atoms with Gasteiger partial charge in [0, 0.05) is 23.9 Å². The average Bonchev–Trinajstić information content (AvgIpc) is 3.18. The molecule has 152 valence electrons. The van der Waals surface area contributed by atoms with Gasteiger partial charge in [-0.25, -0.2) is 0 Å². The van der Waals surface area contributed by atoms with Gasteiger partial charge < -0.3 is 15.5 Å². The van der Waals surface area contributed by atoms with Crippen LogP contribution in [0.5, 0.6) is 0 Å². The highest BCUT2D eigenvalue weighted by molar-refractivity contribution is 6.30. The molecule has 6 nitrogen and oxygen atoms in total. The number of nitrogens with zero attached hydrogens (tertiary/aromatic N) is 1. The van der Waals surface area contributed by atoms with E-state index in [9.17, 15) is 9.59 Å². The first kappa shape index (κ1) is 20.9. The molecular weight excluding hydrogens is 390 g/mol. The van der Waals surface area contributed by atoms with Crippen LogP contribution in [0.25, 0.3) is 0 Å². The van der Waals surface area contributed by atoms with Gasteiger partial charge in [-0.2, -0.15) is 0 Å². The summed E-state index contributed by atoms with van der Waals surface area (Å²) in [5.41, 5.74) is 2.48. The van der Waals surface area contributed by atoms with E-state index in [0.717, 1.165) is 11.1 Å². The van der Waals surface area contributed by atoms with Crippen LogP contribution in [0.15, 0.2) is 59.8 Å². The standard InChI is InChI=1S/C22H24ClN3O3/c1-14(2)24-21(27)19(12-15-6-4-3-5-7-15)25-22(28)20-13-18(26-29-20)16-8-10-17(23)11-9-16/h3-11,14,19-20H,12-13H2,1-2H3,(H,24,27)(H,25,28)/t19-,20-/m0/s1. The van der Waals surface area contributed by atoms with Gasteiger partial charge in [0.1, 0.15) is 6.04 Å². The van der Waals surface area contributed by atoms with E-state index in [1.807, 2.05) is 56.3 Å². The fourth-order valence-corrected chi connectivity index (χ4v) is 3.17. The predicted molar refractivity (Wildman–Crippen MR) is 113 cm³/mol. The highest BCUT2D eigenvalue weighted by Crippen LogP contribution is 2.19. The first-order chi connectivity index (χ1) is 13.9. The molecule has 0 bridgehead atoms. The Kier molecular flexibility index (Phi) is 6.88. The van der Waals surface area contributed by atoms with Gasteiger partial charge in [0.2, 0.25) is 12.0 Å². The molecule has 7 heteroatoms. The molecule has 1 aliphatic rings. The molecule has 0 fully saturated rings. The van der Waals surface area contributed by atoms with Crippen LogP contribution in [-0.2, 0) is 20.8 Å². The van der Waals surface area contributed by atoms with Crippen LogP contribution in [-0.4, -0.2) is 35.7 Å². The molecule has 0 aromatic heterocycles. The van der Waals surface area contributed by atoms with Gasteiger partial charge in [0.15, 0.2) is 0 Å². The second-order valence-corrected chi connectivity index (χ2v) is 7.69. The zero-order chi connectivity index (χ0) is 20.8. The number of benzene rings is 2. The van der Waals surface area contributed by atoms with Crippen molar-refractivity contribution in [3.63, 3.8) is 0 Å². The van der Waals surface area contributed by atoms with Gasteiger partial charge >= 0.3 is 0 Å². The molecule has 0 saturated heterocycles. The minimum Gasteiger partial charge on any atom is -0.382 e. The molecule has 2 N–H and O–H groups in total. The minimum atomic E-state index is -0.772. The summed E-state index contributed by atoms with van der Waals surface area (Å²) in [6.07, 6.45) is -0.0501. The van der Waals surface area contributed by atoms with Crippen LogP contribution in [0, 0.1) is 0 Å². The van der Waals surface area contributed by atoms with Crippen molar-refractivity contribution in [1.82, 2.24) is 10.6 Å². The molecule has 1 heterocycles. The Balaban J connectivity index is 1.65. The maximum Gasteiger partial charge on any atom is 0.265 e. The topological polar surface area (TPSA) is 79.8 Å². The summed E-state index contributed by atoms with van der Waals surface area (Å²) in [6, 6.07) is 16.0. The van der Waals surface area contributed by atoms with E-state index in [0.29, 0.717) is 23.6 Å². The van der Waals surface area contributed by atoms with Crippen molar-refractivity contribution < 1.29 is 14.4 Å². The van der Waals surface area contributed by atoms with E-state index in [-0.39, 0.29) is 17.9 Å². The molecule has 0 unspecified atom stereocenters. The van der Waals surface area contributed by atoms with Crippen molar-refractivity contribution in [2.75, 3.05) is 0 Å². The van der Waals surface area contributed by atoms with Gasteiger partial charge in [0.25, 0.3) is 5.91 Å². The summed E-state index contributed by atoms with van der Waals surface area (Å²) in [5, 5.41) is 10.3. The Labute approximate surface area is 175 Å². The lowest BCUT2D eigenvalue weighted by Crippen LogP contribution is -2.52. The summed E-state index contributed by atoms with van der Waals surface area (Å²) in [4.78, 5) is 30.7. The molecule has 29 heavy (non-hydrogen) atoms. The number of amides is 2. The third-order valence-electron chi connectivity index (χ3n) is 4.49. The van der Waals surface area contributed by atoms with E-state index >= 15 is 0 Å². The van der Waals surface area contributed by atoms with Crippen LogP contribution < -0.4 is 10.6 Å². The van der Waals surface area contributed by atoms with Crippen LogP contribution in [0.1, 0.15) is 31.4 Å². The molecule has 0 spiro atoms. The molecular formula is C22H24ClN3O3. The van der Waals surface area contributed by atoms with Crippen molar-refractivity contribution >= 4 is 29.1 Å². The number of rotatable bonds is 7. The maximum absolute atomic E-state index is 12.8. The van der Waals surface area contributed by atoms with Gasteiger partial charge in [-0.3, -0.25) is 9.59 Å². The Hall–Kier alpha value is -2.86.